The predicted octanol–water partition coefficient (Wildman–Crippen LogP) is 3.63. The molecule has 3 aromatic rings. The summed E-state index contributed by atoms with van der Waals surface area (Å²) < 4.78 is 10.7. The maximum atomic E-state index is 12.0. The van der Waals surface area contributed by atoms with Gasteiger partial charge in [-0.25, -0.2) is 4.98 Å². The Bertz CT molecular complexity index is 855. The minimum atomic E-state index is -0.542. The van der Waals surface area contributed by atoms with Crippen LogP contribution in [0, 0.1) is 0 Å². The first-order valence-corrected chi connectivity index (χ1v) is 6.83. The van der Waals surface area contributed by atoms with E-state index in [4.69, 9.17) is 20.8 Å². The first kappa shape index (κ1) is 14.9. The molecule has 2 heterocycles. The van der Waals surface area contributed by atoms with Crippen molar-refractivity contribution in [3.8, 4) is 11.7 Å². The second-order valence-electron chi connectivity index (χ2n) is 4.41. The van der Waals surface area contributed by atoms with E-state index in [0.717, 1.165) is 6.08 Å². The Morgan fingerprint density at radius 3 is 2.96 bits per heavy atom. The number of hydrogen-bond donors (Lipinski definition) is 2. The molecule has 0 aliphatic heterocycles. The second kappa shape index (κ2) is 6.37. The maximum Gasteiger partial charge on any atom is 0.290 e. The van der Waals surface area contributed by atoms with E-state index < -0.39 is 5.78 Å². The molecule has 2 N–H and O–H groups in total. The Morgan fingerprint density at radius 2 is 2.22 bits per heavy atom. The van der Waals surface area contributed by atoms with Crippen molar-refractivity contribution < 1.29 is 19.1 Å². The number of halogens is 1. The predicted molar refractivity (Wildman–Crippen MR) is 81.6 cm³/mol. The highest BCUT2D eigenvalue weighted by atomic mass is 35.5. The number of furan rings is 1. The number of aromatic nitrogens is 3. The number of nitrogens with one attached hydrogen (secondary N) is 1. The minimum absolute atomic E-state index is 0.00749. The van der Waals surface area contributed by atoms with Crippen LogP contribution < -0.4 is 4.74 Å². The van der Waals surface area contributed by atoms with Crippen LogP contribution in [-0.4, -0.2) is 26.1 Å². The second-order valence-corrected chi connectivity index (χ2v) is 4.84. The summed E-state index contributed by atoms with van der Waals surface area (Å²) in [5, 5.41) is 16.3. The average molecular weight is 332 g/mol. The van der Waals surface area contributed by atoms with Crippen LogP contribution in [0.1, 0.15) is 16.4 Å². The van der Waals surface area contributed by atoms with Crippen molar-refractivity contribution in [2.24, 2.45) is 0 Å². The zero-order valence-corrected chi connectivity index (χ0v) is 12.3. The molecule has 1 aromatic carbocycles. The monoisotopic (exact) mass is 331 g/mol. The van der Waals surface area contributed by atoms with Crippen molar-refractivity contribution in [1.29, 1.82) is 0 Å². The van der Waals surface area contributed by atoms with Gasteiger partial charge in [-0.1, -0.05) is 17.7 Å². The van der Waals surface area contributed by atoms with Gasteiger partial charge in [-0.2, -0.15) is 5.10 Å². The van der Waals surface area contributed by atoms with Gasteiger partial charge in [0.05, 0.1) is 0 Å². The summed E-state index contributed by atoms with van der Waals surface area (Å²) in [7, 11) is 0. The van der Waals surface area contributed by atoms with Crippen LogP contribution in [-0.2, 0) is 0 Å². The molecule has 8 heteroatoms. The summed E-state index contributed by atoms with van der Waals surface area (Å²) in [6, 6.07) is 9.68. The molecule has 23 heavy (non-hydrogen) atoms. The van der Waals surface area contributed by atoms with Gasteiger partial charge in [0, 0.05) is 17.2 Å². The van der Waals surface area contributed by atoms with E-state index >= 15 is 0 Å². The van der Waals surface area contributed by atoms with Crippen molar-refractivity contribution in [3.05, 3.63) is 65.4 Å². The number of carbonyl (C=O) groups excluding carboxylic acids is 1. The molecule has 0 aliphatic rings. The van der Waals surface area contributed by atoms with E-state index in [9.17, 15) is 9.90 Å². The summed E-state index contributed by atoms with van der Waals surface area (Å²) >= 11 is 5.86. The molecule has 0 saturated heterocycles. The van der Waals surface area contributed by atoms with Crippen LogP contribution in [0.25, 0.3) is 5.76 Å². The highest BCUT2D eigenvalue weighted by molar-refractivity contribution is 6.30. The van der Waals surface area contributed by atoms with Gasteiger partial charge in [-0.15, -0.1) is 0 Å². The lowest BCUT2D eigenvalue weighted by Crippen LogP contribution is -1.95. The lowest BCUT2D eigenvalue weighted by molar-refractivity contribution is 0.101. The Kier molecular flexibility index (Phi) is 4.11. The molecule has 0 radical (unpaired) electrons. The number of ether oxygens (including phenoxy) is 1. The molecule has 0 aliphatic carbocycles. The molecule has 0 bridgehead atoms. The fourth-order valence-corrected chi connectivity index (χ4v) is 1.93. The van der Waals surface area contributed by atoms with Gasteiger partial charge in [0.25, 0.3) is 5.95 Å². The Balaban J connectivity index is 1.74. The number of rotatable bonds is 5. The minimum Gasteiger partial charge on any atom is -0.504 e. The molecule has 0 atom stereocenters. The lowest BCUT2D eigenvalue weighted by Gasteiger charge is -2.01. The van der Waals surface area contributed by atoms with Gasteiger partial charge in [0.15, 0.2) is 17.3 Å². The van der Waals surface area contributed by atoms with Crippen molar-refractivity contribution >= 4 is 23.1 Å². The Hall–Kier alpha value is -3.06. The van der Waals surface area contributed by atoms with E-state index in [1.54, 1.807) is 24.3 Å². The van der Waals surface area contributed by atoms with Crippen molar-refractivity contribution in [1.82, 2.24) is 15.2 Å². The SMILES string of the molecule is O=C(C=C(O)c1ncn[nH]1)c1ccc(Oc2cccc(Cl)c2)o1. The molecule has 0 saturated carbocycles. The average Bonchev–Trinajstić information content (AvgIpc) is 3.18. The summed E-state index contributed by atoms with van der Waals surface area (Å²) in [6.07, 6.45) is 2.19. The standard InChI is InChI=1S/C15H10ClN3O4/c16-9-2-1-3-10(6-9)22-14-5-4-13(23-14)11(20)7-12(21)15-17-8-18-19-15/h1-8,21H,(H,17,18,19). The molecular formula is C15H10ClN3O4. The number of carbonyl (C=O) groups is 1. The number of nitrogens with zero attached hydrogens (tertiary/aromatic N) is 2. The third kappa shape index (κ3) is 3.58. The van der Waals surface area contributed by atoms with E-state index in [0.29, 0.717) is 10.8 Å². The number of benzene rings is 1. The molecule has 0 fully saturated rings. The van der Waals surface area contributed by atoms with Gasteiger partial charge in [0.1, 0.15) is 12.1 Å². The molecule has 2 aromatic heterocycles. The van der Waals surface area contributed by atoms with Crippen LogP contribution in [0.15, 0.2) is 53.2 Å². The largest absolute Gasteiger partial charge is 0.504 e. The van der Waals surface area contributed by atoms with Gasteiger partial charge < -0.3 is 14.3 Å². The highest BCUT2D eigenvalue weighted by Gasteiger charge is 2.13. The van der Waals surface area contributed by atoms with E-state index in [-0.39, 0.29) is 23.3 Å². The van der Waals surface area contributed by atoms with Gasteiger partial charge in [0.2, 0.25) is 5.78 Å². The number of ketones is 1. The number of aliphatic hydroxyl groups is 1. The summed E-state index contributed by atoms with van der Waals surface area (Å²) in [5.74, 6) is -0.191. The van der Waals surface area contributed by atoms with Crippen LogP contribution in [0.3, 0.4) is 0 Å². The topological polar surface area (TPSA) is 101 Å². The van der Waals surface area contributed by atoms with Gasteiger partial charge in [-0.05, 0) is 24.3 Å². The van der Waals surface area contributed by atoms with Crippen molar-refractivity contribution in [2.45, 2.75) is 0 Å². The molecule has 0 spiro atoms. The number of H-pyrrole nitrogens is 1. The normalized spacial score (nSPS) is 11.4. The third-order valence-corrected chi connectivity index (χ3v) is 3.00. The van der Waals surface area contributed by atoms with Crippen molar-refractivity contribution in [3.63, 3.8) is 0 Å². The number of aliphatic hydroxyl groups excluding tert-OH is 1. The number of allylic oxidation sites excluding steroid dienone is 1. The smallest absolute Gasteiger partial charge is 0.290 e. The first-order valence-electron chi connectivity index (χ1n) is 6.46. The zero-order valence-electron chi connectivity index (χ0n) is 11.6. The van der Waals surface area contributed by atoms with E-state index in [1.807, 2.05) is 0 Å². The third-order valence-electron chi connectivity index (χ3n) is 2.76. The van der Waals surface area contributed by atoms with Crippen LogP contribution >= 0.6 is 11.6 Å². The molecule has 3 rings (SSSR count). The lowest BCUT2D eigenvalue weighted by atomic mass is 10.2. The van der Waals surface area contributed by atoms with Crippen LogP contribution in [0.5, 0.6) is 11.7 Å². The molecule has 116 valence electrons. The van der Waals surface area contributed by atoms with Crippen molar-refractivity contribution in [2.75, 3.05) is 0 Å². The highest BCUT2D eigenvalue weighted by Crippen LogP contribution is 2.26. The quantitative estimate of drug-likeness (QED) is 0.420. The number of hydrogen-bond acceptors (Lipinski definition) is 6. The van der Waals surface area contributed by atoms with Gasteiger partial charge in [-0.3, -0.25) is 9.89 Å². The molecule has 0 amide bonds. The Morgan fingerprint density at radius 1 is 1.35 bits per heavy atom. The molecular weight excluding hydrogens is 322 g/mol. The van der Waals surface area contributed by atoms with Crippen LogP contribution in [0.4, 0.5) is 0 Å². The molecule has 0 unspecified atom stereocenters. The van der Waals surface area contributed by atoms with E-state index in [1.165, 1.54) is 18.5 Å². The Labute approximate surface area is 135 Å². The summed E-state index contributed by atoms with van der Waals surface area (Å²) in [4.78, 5) is 15.7. The fourth-order valence-electron chi connectivity index (χ4n) is 1.75. The number of aromatic amines is 1. The van der Waals surface area contributed by atoms with Gasteiger partial charge >= 0.3 is 0 Å². The molecule has 7 nitrogen and oxygen atoms in total. The summed E-state index contributed by atoms with van der Waals surface area (Å²) in [5.41, 5.74) is 0. The fraction of sp³-hybridized carbons (Fsp3) is 0. The first-order chi connectivity index (χ1) is 11.1. The zero-order chi connectivity index (χ0) is 16.2. The van der Waals surface area contributed by atoms with Crippen LogP contribution in [0.2, 0.25) is 5.02 Å². The maximum absolute atomic E-state index is 12.0. The van der Waals surface area contributed by atoms with E-state index in [2.05, 4.69) is 15.2 Å². The summed E-state index contributed by atoms with van der Waals surface area (Å²) in [6.45, 7) is 0.